The van der Waals surface area contributed by atoms with E-state index in [0.717, 1.165) is 23.4 Å². The van der Waals surface area contributed by atoms with E-state index in [2.05, 4.69) is 39.9 Å². The van der Waals surface area contributed by atoms with Gasteiger partial charge in [0, 0.05) is 12.3 Å². The smallest absolute Gasteiger partial charge is 0.321 e. The summed E-state index contributed by atoms with van der Waals surface area (Å²) < 4.78 is 11.7. The third-order valence-corrected chi connectivity index (χ3v) is 10.6. The average molecular weight is 418 g/mol. The van der Waals surface area contributed by atoms with Crippen LogP contribution in [0, 0.1) is 5.41 Å². The summed E-state index contributed by atoms with van der Waals surface area (Å²) in [6.07, 6.45) is 2.85. The van der Waals surface area contributed by atoms with Crippen LogP contribution in [0.3, 0.4) is 0 Å². The molecule has 0 radical (unpaired) electrons. The second kappa shape index (κ2) is 10.3. The van der Waals surface area contributed by atoms with Crippen LogP contribution in [0.5, 0.6) is 0 Å². The molecule has 1 rings (SSSR count). The maximum absolute atomic E-state index is 12.9. The average Bonchev–Trinajstić information content (AvgIpc) is 2.64. The van der Waals surface area contributed by atoms with Crippen LogP contribution >= 0.6 is 0 Å². The van der Waals surface area contributed by atoms with E-state index in [1.165, 1.54) is 0 Å². The van der Waals surface area contributed by atoms with Crippen LogP contribution in [0.2, 0.25) is 18.1 Å². The number of carbonyl (C=O) groups is 1. The third kappa shape index (κ3) is 6.64. The second-order valence-corrected chi connectivity index (χ2v) is 14.0. The molecule has 0 amide bonds. The minimum atomic E-state index is -1.77. The van der Waals surface area contributed by atoms with Gasteiger partial charge in [0.05, 0.1) is 12.3 Å². The highest BCUT2D eigenvalue weighted by Gasteiger charge is 2.40. The first-order valence-electron chi connectivity index (χ1n) is 10.5. The fourth-order valence-corrected chi connectivity index (χ4v) is 3.75. The van der Waals surface area contributed by atoms with Crippen molar-refractivity contribution in [2.45, 2.75) is 73.0 Å². The van der Waals surface area contributed by atoms with Gasteiger partial charge in [0.15, 0.2) is 8.32 Å². The first-order chi connectivity index (χ1) is 13.4. The number of ether oxygens (including phenoxy) is 1. The van der Waals surface area contributed by atoms with Gasteiger partial charge in [0.2, 0.25) is 0 Å². The van der Waals surface area contributed by atoms with Crippen molar-refractivity contribution in [3.05, 3.63) is 42.0 Å². The van der Waals surface area contributed by atoms with Gasteiger partial charge in [-0.05, 0) is 64.4 Å². The number of rotatable bonds is 9. The predicted octanol–water partition coefficient (Wildman–Crippen LogP) is 6.71. The lowest BCUT2D eigenvalue weighted by Gasteiger charge is -2.36. The normalized spacial score (nSPS) is 15.8. The SMILES string of the molecule is CCOC(=O)C(C)(C(C)=Nc1ccccc1)/C(C)=C/CCO[Si](C)(C)C(C)(C)C. The van der Waals surface area contributed by atoms with Crippen LogP contribution in [0.1, 0.15) is 54.9 Å². The van der Waals surface area contributed by atoms with Gasteiger partial charge in [-0.15, -0.1) is 0 Å². The van der Waals surface area contributed by atoms with E-state index in [-0.39, 0.29) is 11.0 Å². The van der Waals surface area contributed by atoms with Crippen LogP contribution in [0.15, 0.2) is 47.0 Å². The Bertz CT molecular complexity index is 732. The zero-order chi connectivity index (χ0) is 22.3. The number of nitrogens with zero attached hydrogens (tertiary/aromatic N) is 1. The summed E-state index contributed by atoms with van der Waals surface area (Å²) in [5.41, 5.74) is 1.59. The number of hydrogen-bond donors (Lipinski definition) is 0. The first-order valence-corrected chi connectivity index (χ1v) is 13.4. The summed E-state index contributed by atoms with van der Waals surface area (Å²) in [6.45, 7) is 19.8. The van der Waals surface area contributed by atoms with E-state index in [1.807, 2.05) is 58.0 Å². The molecule has 0 aliphatic carbocycles. The van der Waals surface area contributed by atoms with Crippen molar-refractivity contribution in [3.63, 3.8) is 0 Å². The van der Waals surface area contributed by atoms with Gasteiger partial charge in [0.25, 0.3) is 0 Å². The van der Waals surface area contributed by atoms with E-state index in [4.69, 9.17) is 14.2 Å². The lowest BCUT2D eigenvalue weighted by Crippen LogP contribution is -2.41. The van der Waals surface area contributed by atoms with Gasteiger partial charge >= 0.3 is 5.97 Å². The van der Waals surface area contributed by atoms with Crippen molar-refractivity contribution in [2.75, 3.05) is 13.2 Å². The molecule has 0 heterocycles. The predicted molar refractivity (Wildman–Crippen MR) is 125 cm³/mol. The highest BCUT2D eigenvalue weighted by molar-refractivity contribution is 6.74. The molecule has 1 aromatic carbocycles. The summed E-state index contributed by atoms with van der Waals surface area (Å²) >= 11 is 0. The third-order valence-electron chi connectivity index (χ3n) is 6.09. The lowest BCUT2D eigenvalue weighted by molar-refractivity contribution is -0.148. The second-order valence-electron chi connectivity index (χ2n) is 9.16. The molecular weight excluding hydrogens is 378 g/mol. The van der Waals surface area contributed by atoms with Crippen LogP contribution in [-0.2, 0) is 14.0 Å². The van der Waals surface area contributed by atoms with Crippen molar-refractivity contribution < 1.29 is 14.0 Å². The highest BCUT2D eigenvalue weighted by atomic mass is 28.4. The van der Waals surface area contributed by atoms with Crippen LogP contribution in [0.4, 0.5) is 5.69 Å². The molecule has 0 spiro atoms. The molecule has 0 aliphatic heterocycles. The van der Waals surface area contributed by atoms with E-state index in [9.17, 15) is 4.79 Å². The Balaban J connectivity index is 3.06. The van der Waals surface area contributed by atoms with E-state index in [1.54, 1.807) is 0 Å². The van der Waals surface area contributed by atoms with Crippen molar-refractivity contribution in [1.29, 1.82) is 0 Å². The number of hydrogen-bond acceptors (Lipinski definition) is 4. The molecule has 29 heavy (non-hydrogen) atoms. The van der Waals surface area contributed by atoms with Crippen molar-refractivity contribution in [2.24, 2.45) is 10.4 Å². The molecule has 1 aromatic rings. The number of carbonyl (C=O) groups excluding carboxylic acids is 1. The minimum absolute atomic E-state index is 0.185. The Morgan fingerprint density at radius 2 is 1.69 bits per heavy atom. The first kappa shape index (κ1) is 25.3. The largest absolute Gasteiger partial charge is 0.465 e. The topological polar surface area (TPSA) is 47.9 Å². The van der Waals surface area contributed by atoms with E-state index >= 15 is 0 Å². The van der Waals surface area contributed by atoms with Gasteiger partial charge in [-0.1, -0.05) is 50.6 Å². The van der Waals surface area contributed by atoms with Crippen molar-refractivity contribution >= 4 is 25.7 Å². The molecule has 0 aromatic heterocycles. The van der Waals surface area contributed by atoms with Crippen LogP contribution in [0.25, 0.3) is 0 Å². The Kier molecular flexibility index (Phi) is 9.03. The van der Waals surface area contributed by atoms with E-state index in [0.29, 0.717) is 13.2 Å². The Labute approximate surface area is 178 Å². The van der Waals surface area contributed by atoms with Gasteiger partial charge in [-0.25, -0.2) is 0 Å². The molecule has 4 nitrogen and oxygen atoms in total. The zero-order valence-corrected chi connectivity index (χ0v) is 20.8. The fourth-order valence-electron chi connectivity index (χ4n) is 2.69. The number of esters is 1. The monoisotopic (exact) mass is 417 g/mol. The summed E-state index contributed by atoms with van der Waals surface area (Å²) in [4.78, 5) is 17.6. The van der Waals surface area contributed by atoms with Gasteiger partial charge in [-0.2, -0.15) is 0 Å². The molecule has 0 saturated heterocycles. The molecule has 0 N–H and O–H groups in total. The molecule has 0 bridgehead atoms. The summed E-state index contributed by atoms with van der Waals surface area (Å²) in [6, 6.07) is 9.69. The molecule has 5 heteroatoms. The number of aliphatic imine (C=N–C) groups is 1. The molecule has 0 aliphatic rings. The number of benzene rings is 1. The van der Waals surface area contributed by atoms with Gasteiger partial charge in [0.1, 0.15) is 5.41 Å². The fraction of sp³-hybridized carbons (Fsp3) is 0.583. The summed E-state index contributed by atoms with van der Waals surface area (Å²) in [7, 11) is -1.77. The quantitative estimate of drug-likeness (QED) is 0.147. The molecule has 1 atom stereocenters. The van der Waals surface area contributed by atoms with Crippen LogP contribution in [-0.4, -0.2) is 33.2 Å². The maximum Gasteiger partial charge on any atom is 0.321 e. The Morgan fingerprint density at radius 1 is 1.10 bits per heavy atom. The molecular formula is C24H39NO3Si. The lowest BCUT2D eigenvalue weighted by atomic mass is 9.78. The van der Waals surface area contributed by atoms with Crippen molar-refractivity contribution in [1.82, 2.24) is 0 Å². The van der Waals surface area contributed by atoms with Crippen molar-refractivity contribution in [3.8, 4) is 0 Å². The van der Waals surface area contributed by atoms with Gasteiger partial charge in [-0.3, -0.25) is 9.79 Å². The zero-order valence-electron chi connectivity index (χ0n) is 19.8. The molecule has 0 fully saturated rings. The standard InChI is InChI=1S/C24H39NO3Si/c1-10-27-22(26)24(7,20(3)25-21-16-12-11-13-17-21)19(2)15-14-18-28-29(8,9)23(4,5)6/h11-13,15-17H,10,14,18H2,1-9H3/b19-15+,25-20?. The van der Waals surface area contributed by atoms with Crippen LogP contribution < -0.4 is 0 Å². The van der Waals surface area contributed by atoms with E-state index < -0.39 is 13.7 Å². The molecule has 162 valence electrons. The Hall–Kier alpha value is -1.72. The molecule has 1 unspecified atom stereocenters. The minimum Gasteiger partial charge on any atom is -0.465 e. The summed E-state index contributed by atoms with van der Waals surface area (Å²) in [5, 5.41) is 0.185. The molecule has 0 saturated carbocycles. The highest BCUT2D eigenvalue weighted by Crippen LogP contribution is 2.37. The summed E-state index contributed by atoms with van der Waals surface area (Å²) in [5.74, 6) is -0.267. The van der Waals surface area contributed by atoms with Gasteiger partial charge < -0.3 is 9.16 Å². The maximum atomic E-state index is 12.9. The number of para-hydroxylation sites is 1. The Morgan fingerprint density at radius 3 is 2.21 bits per heavy atom.